The molecule has 2 fully saturated rings. The Morgan fingerprint density at radius 3 is 2.82 bits per heavy atom. The fourth-order valence-electron chi connectivity index (χ4n) is 3.13. The normalized spacial score (nSPS) is 20.4. The number of cyclic esters (lactones) is 1. The van der Waals surface area contributed by atoms with Crippen molar-refractivity contribution in [1.29, 1.82) is 0 Å². The number of hydrogen-bond donors (Lipinski definition) is 2. The highest BCUT2D eigenvalue weighted by Crippen LogP contribution is 2.31. The van der Waals surface area contributed by atoms with Crippen LogP contribution in [0, 0.1) is 11.6 Å². The number of nitrogens with zero attached hydrogens (tertiary/aromatic N) is 4. The van der Waals surface area contributed by atoms with E-state index in [0.717, 1.165) is 12.1 Å². The fraction of sp³-hybridized carbons (Fsp3) is 0.412. The molecule has 1 amide bonds. The highest BCUT2D eigenvalue weighted by molar-refractivity contribution is 5.90. The number of ether oxygens (including phenoxy) is 1. The smallest absolute Gasteiger partial charge is 0.414 e. The Hall–Kier alpha value is -2.92. The number of amides is 1. The highest BCUT2D eigenvalue weighted by atomic mass is 19.1. The molecule has 28 heavy (non-hydrogen) atoms. The quantitative estimate of drug-likeness (QED) is 0.547. The molecule has 2 aliphatic rings. The van der Waals surface area contributed by atoms with Crippen LogP contribution in [0.25, 0.3) is 0 Å². The van der Waals surface area contributed by atoms with Gasteiger partial charge in [0.25, 0.3) is 0 Å². The van der Waals surface area contributed by atoms with Crippen molar-refractivity contribution in [3.63, 3.8) is 0 Å². The van der Waals surface area contributed by atoms with E-state index in [1.165, 1.54) is 22.3 Å². The summed E-state index contributed by atoms with van der Waals surface area (Å²) in [6, 6.07) is 2.26. The van der Waals surface area contributed by atoms with Crippen LogP contribution in [0.5, 0.6) is 0 Å². The van der Waals surface area contributed by atoms with Crippen molar-refractivity contribution in [2.45, 2.75) is 6.10 Å². The molecule has 0 aromatic heterocycles. The molecule has 0 bridgehead atoms. The number of anilines is 2. The SMILES string of the molecule is C=NN(/C=C\N)C[C@H]1CN(c2cc(F)c(N3CCNOCC3)c(F)c2)C(=O)O1. The van der Waals surface area contributed by atoms with Crippen molar-refractivity contribution < 1.29 is 23.1 Å². The molecule has 1 aromatic rings. The number of halogens is 2. The van der Waals surface area contributed by atoms with E-state index in [1.54, 1.807) is 4.90 Å². The highest BCUT2D eigenvalue weighted by Gasteiger charge is 2.34. The van der Waals surface area contributed by atoms with E-state index < -0.39 is 23.8 Å². The minimum Gasteiger partial charge on any atom is -0.442 e. The Kier molecular flexibility index (Phi) is 6.26. The first-order chi connectivity index (χ1) is 13.5. The van der Waals surface area contributed by atoms with Gasteiger partial charge < -0.3 is 15.4 Å². The fourth-order valence-corrected chi connectivity index (χ4v) is 3.13. The molecule has 0 spiro atoms. The van der Waals surface area contributed by atoms with Crippen LogP contribution in [0.4, 0.5) is 25.0 Å². The number of nitrogens with one attached hydrogen (secondary N) is 1. The minimum atomic E-state index is -0.756. The second kappa shape index (κ2) is 8.85. The first kappa shape index (κ1) is 19.8. The van der Waals surface area contributed by atoms with Crippen LogP contribution in [0.1, 0.15) is 0 Å². The number of nitrogens with two attached hydrogens (primary N) is 1. The van der Waals surface area contributed by atoms with Crippen molar-refractivity contribution in [3.8, 4) is 0 Å². The maximum absolute atomic E-state index is 14.7. The number of carbonyl (C=O) groups excluding carboxylic acids is 1. The van der Waals surface area contributed by atoms with Gasteiger partial charge in [-0.25, -0.2) is 19.1 Å². The van der Waals surface area contributed by atoms with Gasteiger partial charge in [0.05, 0.1) is 25.4 Å². The van der Waals surface area contributed by atoms with Gasteiger partial charge >= 0.3 is 6.09 Å². The molecule has 0 saturated carbocycles. The first-order valence-electron chi connectivity index (χ1n) is 8.72. The third kappa shape index (κ3) is 4.31. The van der Waals surface area contributed by atoms with Gasteiger partial charge in [-0.15, -0.1) is 0 Å². The van der Waals surface area contributed by atoms with Gasteiger partial charge in [-0.3, -0.25) is 14.7 Å². The topological polar surface area (TPSA) is 95.7 Å². The van der Waals surface area contributed by atoms with E-state index in [-0.39, 0.29) is 24.5 Å². The standard InChI is InChI=1S/C17H22F2N6O3/c1-21-24(4-2-20)10-13-11-25(17(26)28-13)12-8-14(18)16(15(19)9-12)23-5-3-22-27-7-6-23/h2,4,8-9,13,22H,1,3,5-7,10-11,20H2/b4-2-/t13-/m0/s1. The van der Waals surface area contributed by atoms with E-state index >= 15 is 0 Å². The average Bonchev–Trinajstić information content (AvgIpc) is 2.85. The van der Waals surface area contributed by atoms with E-state index in [0.29, 0.717) is 26.2 Å². The Balaban J connectivity index is 1.76. The van der Waals surface area contributed by atoms with Gasteiger partial charge in [0, 0.05) is 50.9 Å². The molecule has 1 aromatic carbocycles. The predicted octanol–water partition coefficient (Wildman–Crippen LogP) is 0.979. The van der Waals surface area contributed by atoms with Crippen LogP contribution in [0.2, 0.25) is 0 Å². The van der Waals surface area contributed by atoms with Crippen LogP contribution in [0.15, 0.2) is 29.6 Å². The summed E-state index contributed by atoms with van der Waals surface area (Å²) in [6.45, 7) is 5.19. The van der Waals surface area contributed by atoms with Gasteiger partial charge in [-0.05, 0) is 0 Å². The number of hydroxylamine groups is 1. The lowest BCUT2D eigenvalue weighted by Gasteiger charge is -2.24. The van der Waals surface area contributed by atoms with E-state index in [4.69, 9.17) is 15.3 Å². The number of hydrazone groups is 1. The van der Waals surface area contributed by atoms with Crippen molar-refractivity contribution in [2.75, 3.05) is 49.1 Å². The molecule has 3 rings (SSSR count). The monoisotopic (exact) mass is 396 g/mol. The molecule has 0 radical (unpaired) electrons. The summed E-state index contributed by atoms with van der Waals surface area (Å²) in [7, 11) is 0. The number of carbonyl (C=O) groups is 1. The molecule has 2 heterocycles. The largest absolute Gasteiger partial charge is 0.442 e. The maximum atomic E-state index is 14.7. The van der Waals surface area contributed by atoms with E-state index in [9.17, 15) is 13.6 Å². The number of rotatable bonds is 6. The molecule has 0 aliphatic carbocycles. The van der Waals surface area contributed by atoms with Gasteiger partial charge in [0.15, 0.2) is 11.6 Å². The van der Waals surface area contributed by atoms with Crippen LogP contribution in [-0.2, 0) is 9.57 Å². The molecule has 9 nitrogen and oxygen atoms in total. The summed E-state index contributed by atoms with van der Waals surface area (Å²) in [5.74, 6) is -1.51. The lowest BCUT2D eigenvalue weighted by Crippen LogP contribution is -2.31. The lowest BCUT2D eigenvalue weighted by molar-refractivity contribution is 0.0589. The summed E-state index contributed by atoms with van der Waals surface area (Å²) in [5.41, 5.74) is 7.96. The van der Waals surface area contributed by atoms with Gasteiger partial charge in [-0.2, -0.15) is 5.10 Å². The molecule has 0 unspecified atom stereocenters. The molecular weight excluding hydrogens is 374 g/mol. The van der Waals surface area contributed by atoms with Crippen molar-refractivity contribution in [3.05, 3.63) is 36.2 Å². The molecule has 11 heteroatoms. The number of hydrogen-bond acceptors (Lipinski definition) is 8. The second-order valence-corrected chi connectivity index (χ2v) is 6.21. The zero-order chi connectivity index (χ0) is 20.1. The van der Waals surface area contributed by atoms with Crippen LogP contribution < -0.4 is 21.0 Å². The van der Waals surface area contributed by atoms with Crippen LogP contribution in [0.3, 0.4) is 0 Å². The van der Waals surface area contributed by atoms with Gasteiger partial charge in [0.1, 0.15) is 11.8 Å². The minimum absolute atomic E-state index is 0.0860. The molecular formula is C17H22F2N6O3. The zero-order valence-corrected chi connectivity index (χ0v) is 15.2. The zero-order valence-electron chi connectivity index (χ0n) is 15.2. The Bertz CT molecular complexity index is 731. The summed E-state index contributed by atoms with van der Waals surface area (Å²) < 4.78 is 34.6. The average molecular weight is 396 g/mol. The number of benzene rings is 1. The first-order valence-corrected chi connectivity index (χ1v) is 8.72. The van der Waals surface area contributed by atoms with Crippen molar-refractivity contribution >= 4 is 24.2 Å². The summed E-state index contributed by atoms with van der Waals surface area (Å²) in [5, 5.41) is 5.13. The molecule has 1 atom stereocenters. The van der Waals surface area contributed by atoms with Crippen LogP contribution >= 0.6 is 0 Å². The summed E-state index contributed by atoms with van der Waals surface area (Å²) >= 11 is 0. The molecule has 3 N–H and O–H groups in total. The van der Waals surface area contributed by atoms with Crippen LogP contribution in [-0.4, -0.2) is 63.3 Å². The second-order valence-electron chi connectivity index (χ2n) is 6.21. The van der Waals surface area contributed by atoms with E-state index in [2.05, 4.69) is 17.3 Å². The lowest BCUT2D eigenvalue weighted by atomic mass is 10.2. The van der Waals surface area contributed by atoms with E-state index in [1.807, 2.05) is 0 Å². The predicted molar refractivity (Wildman–Crippen MR) is 99.7 cm³/mol. The Morgan fingerprint density at radius 1 is 1.39 bits per heavy atom. The third-order valence-electron chi connectivity index (χ3n) is 4.38. The Labute approximate surface area is 160 Å². The molecule has 2 aliphatic heterocycles. The third-order valence-corrected chi connectivity index (χ3v) is 4.38. The Morgan fingerprint density at radius 2 is 2.14 bits per heavy atom. The summed E-state index contributed by atoms with van der Waals surface area (Å²) in [4.78, 5) is 20.0. The molecule has 2 saturated heterocycles. The maximum Gasteiger partial charge on any atom is 0.414 e. The van der Waals surface area contributed by atoms with Crippen molar-refractivity contribution in [2.24, 2.45) is 10.8 Å². The summed E-state index contributed by atoms with van der Waals surface area (Å²) in [6.07, 6.45) is 1.49. The van der Waals surface area contributed by atoms with Gasteiger partial charge in [-0.1, -0.05) is 0 Å². The molecule has 152 valence electrons. The van der Waals surface area contributed by atoms with Crippen molar-refractivity contribution in [1.82, 2.24) is 10.5 Å². The van der Waals surface area contributed by atoms with Gasteiger partial charge in [0.2, 0.25) is 0 Å².